The smallest absolute Gasteiger partial charge is 0.182 e. The van der Waals surface area contributed by atoms with Crippen molar-refractivity contribution in [3.63, 3.8) is 0 Å². The van der Waals surface area contributed by atoms with Gasteiger partial charge in [0.05, 0.1) is 5.92 Å². The van der Waals surface area contributed by atoms with Crippen LogP contribution in [0.15, 0.2) is 24.8 Å². The van der Waals surface area contributed by atoms with Crippen molar-refractivity contribution in [2.45, 2.75) is 39.9 Å². The van der Waals surface area contributed by atoms with Crippen LogP contribution in [0.3, 0.4) is 0 Å². The van der Waals surface area contributed by atoms with Crippen LogP contribution >= 0.6 is 0 Å². The standard InChI is InChI=1S/C17H22FNO2/c1-10-6-7-14(9-16(10)17(5,18)19)11(2)8-15(12(3)20)13(4)21/h6-7,9,15H,2,8,19H2,1,3-5H3. The summed E-state index contributed by atoms with van der Waals surface area (Å²) in [7, 11) is 0. The fourth-order valence-electron chi connectivity index (χ4n) is 2.31. The Hall–Kier alpha value is -1.81. The summed E-state index contributed by atoms with van der Waals surface area (Å²) in [6.45, 7) is 9.76. The zero-order valence-corrected chi connectivity index (χ0v) is 13.0. The molecule has 4 heteroatoms. The lowest BCUT2D eigenvalue weighted by molar-refractivity contribution is -0.130. The average Bonchev–Trinajstić information content (AvgIpc) is 2.33. The number of ketones is 2. The molecule has 0 radical (unpaired) electrons. The number of nitrogens with two attached hydrogens (primary N) is 1. The van der Waals surface area contributed by atoms with Crippen molar-refractivity contribution in [3.05, 3.63) is 41.5 Å². The zero-order valence-electron chi connectivity index (χ0n) is 13.0. The van der Waals surface area contributed by atoms with Gasteiger partial charge in [-0.05, 0) is 56.9 Å². The molecule has 0 saturated carbocycles. The van der Waals surface area contributed by atoms with Crippen LogP contribution in [0, 0.1) is 12.8 Å². The maximum absolute atomic E-state index is 14.0. The molecule has 0 spiro atoms. The van der Waals surface area contributed by atoms with Gasteiger partial charge in [-0.2, -0.15) is 0 Å². The van der Waals surface area contributed by atoms with Crippen molar-refractivity contribution in [1.29, 1.82) is 0 Å². The normalized spacial score (nSPS) is 13.9. The van der Waals surface area contributed by atoms with Gasteiger partial charge in [-0.3, -0.25) is 15.3 Å². The number of aryl methyl sites for hydroxylation is 1. The highest BCUT2D eigenvalue weighted by Crippen LogP contribution is 2.29. The van der Waals surface area contributed by atoms with Crippen LogP contribution in [0.25, 0.3) is 5.57 Å². The van der Waals surface area contributed by atoms with Crippen LogP contribution in [-0.4, -0.2) is 11.6 Å². The minimum absolute atomic E-state index is 0.190. The minimum Gasteiger partial charge on any atom is -0.299 e. The molecule has 1 atom stereocenters. The molecule has 0 heterocycles. The van der Waals surface area contributed by atoms with E-state index in [-0.39, 0.29) is 18.0 Å². The number of allylic oxidation sites excluding steroid dienone is 1. The Morgan fingerprint density at radius 2 is 1.86 bits per heavy atom. The van der Waals surface area contributed by atoms with E-state index in [0.717, 1.165) is 5.56 Å². The van der Waals surface area contributed by atoms with Gasteiger partial charge in [0.2, 0.25) is 0 Å². The lowest BCUT2D eigenvalue weighted by Gasteiger charge is -2.20. The van der Waals surface area contributed by atoms with Gasteiger partial charge in [-0.1, -0.05) is 18.7 Å². The number of hydrogen-bond donors (Lipinski definition) is 1. The second-order valence-electron chi connectivity index (χ2n) is 5.69. The Labute approximate surface area is 125 Å². The summed E-state index contributed by atoms with van der Waals surface area (Å²) in [6, 6.07) is 5.19. The molecule has 1 aromatic carbocycles. The summed E-state index contributed by atoms with van der Waals surface area (Å²) >= 11 is 0. The van der Waals surface area contributed by atoms with Crippen molar-refractivity contribution >= 4 is 17.1 Å². The maximum Gasteiger partial charge on any atom is 0.182 e. The lowest BCUT2D eigenvalue weighted by atomic mass is 9.88. The molecule has 21 heavy (non-hydrogen) atoms. The van der Waals surface area contributed by atoms with Gasteiger partial charge in [-0.25, -0.2) is 4.39 Å². The molecule has 3 nitrogen and oxygen atoms in total. The Morgan fingerprint density at radius 3 is 2.29 bits per heavy atom. The highest BCUT2D eigenvalue weighted by molar-refractivity contribution is 6.01. The van der Waals surface area contributed by atoms with E-state index in [4.69, 9.17) is 5.73 Å². The van der Waals surface area contributed by atoms with Crippen LogP contribution < -0.4 is 5.73 Å². The van der Waals surface area contributed by atoms with Crippen LogP contribution in [0.5, 0.6) is 0 Å². The number of halogens is 1. The summed E-state index contributed by atoms with van der Waals surface area (Å²) in [5.74, 6) is -3.02. The van der Waals surface area contributed by atoms with E-state index in [9.17, 15) is 14.0 Å². The first-order valence-corrected chi connectivity index (χ1v) is 6.82. The van der Waals surface area contributed by atoms with E-state index < -0.39 is 11.7 Å². The van der Waals surface area contributed by atoms with Gasteiger partial charge in [-0.15, -0.1) is 0 Å². The highest BCUT2D eigenvalue weighted by Gasteiger charge is 2.24. The number of hydrogen-bond acceptors (Lipinski definition) is 3. The molecule has 0 fully saturated rings. The van der Waals surface area contributed by atoms with E-state index in [0.29, 0.717) is 16.7 Å². The van der Waals surface area contributed by atoms with Crippen molar-refractivity contribution in [2.75, 3.05) is 0 Å². The Kier molecular flexibility index (Phi) is 5.18. The molecule has 1 aromatic rings. The molecule has 114 valence electrons. The van der Waals surface area contributed by atoms with E-state index in [2.05, 4.69) is 6.58 Å². The molecule has 0 aliphatic heterocycles. The van der Waals surface area contributed by atoms with Gasteiger partial charge < -0.3 is 0 Å². The van der Waals surface area contributed by atoms with Gasteiger partial charge >= 0.3 is 0 Å². The highest BCUT2D eigenvalue weighted by atomic mass is 19.1. The fraction of sp³-hybridized carbons (Fsp3) is 0.412. The van der Waals surface area contributed by atoms with E-state index in [1.165, 1.54) is 20.8 Å². The first-order valence-electron chi connectivity index (χ1n) is 6.82. The van der Waals surface area contributed by atoms with Crippen molar-refractivity contribution in [2.24, 2.45) is 11.7 Å². The quantitative estimate of drug-likeness (QED) is 0.646. The third kappa shape index (κ3) is 4.33. The van der Waals surface area contributed by atoms with E-state index in [1.807, 2.05) is 0 Å². The summed E-state index contributed by atoms with van der Waals surface area (Å²) in [4.78, 5) is 23.0. The molecular weight excluding hydrogens is 269 g/mol. The number of benzene rings is 1. The molecule has 0 saturated heterocycles. The average molecular weight is 291 g/mol. The zero-order chi connectivity index (χ0) is 16.4. The summed E-state index contributed by atoms with van der Waals surface area (Å²) in [6.07, 6.45) is 0.237. The van der Waals surface area contributed by atoms with Gasteiger partial charge in [0, 0.05) is 5.56 Å². The SMILES string of the molecule is C=C(CC(C(C)=O)C(C)=O)c1ccc(C)c(C(C)(N)F)c1. The van der Waals surface area contributed by atoms with Gasteiger partial charge in [0.25, 0.3) is 0 Å². The largest absolute Gasteiger partial charge is 0.299 e. The monoisotopic (exact) mass is 291 g/mol. The first kappa shape index (κ1) is 17.2. The molecule has 0 aromatic heterocycles. The Balaban J connectivity index is 3.09. The van der Waals surface area contributed by atoms with Crippen LogP contribution in [0.1, 0.15) is 43.9 Å². The molecule has 0 aliphatic rings. The van der Waals surface area contributed by atoms with Crippen LogP contribution in [0.4, 0.5) is 4.39 Å². The molecule has 1 rings (SSSR count). The van der Waals surface area contributed by atoms with Gasteiger partial charge in [0.1, 0.15) is 11.6 Å². The third-order valence-electron chi connectivity index (χ3n) is 3.60. The van der Waals surface area contributed by atoms with Gasteiger partial charge in [0.15, 0.2) is 5.79 Å². The lowest BCUT2D eigenvalue weighted by Crippen LogP contribution is -2.28. The molecule has 0 aliphatic carbocycles. The van der Waals surface area contributed by atoms with Crippen molar-refractivity contribution in [1.82, 2.24) is 0 Å². The third-order valence-corrected chi connectivity index (χ3v) is 3.60. The molecule has 0 amide bonds. The number of carbonyl (C=O) groups excluding carboxylic acids is 2. The Morgan fingerprint density at radius 1 is 1.33 bits per heavy atom. The first-order chi connectivity index (χ1) is 9.54. The summed E-state index contributed by atoms with van der Waals surface area (Å²) in [5.41, 5.74) is 7.96. The van der Waals surface area contributed by atoms with Crippen LogP contribution in [-0.2, 0) is 15.4 Å². The molecular formula is C17H22FNO2. The topological polar surface area (TPSA) is 60.2 Å². The summed E-state index contributed by atoms with van der Waals surface area (Å²) in [5, 5.41) is 0. The fourth-order valence-corrected chi connectivity index (χ4v) is 2.31. The second kappa shape index (κ2) is 6.31. The van der Waals surface area contributed by atoms with Crippen molar-refractivity contribution < 1.29 is 14.0 Å². The van der Waals surface area contributed by atoms with Crippen molar-refractivity contribution in [3.8, 4) is 0 Å². The van der Waals surface area contributed by atoms with Crippen LogP contribution in [0.2, 0.25) is 0 Å². The second-order valence-corrected chi connectivity index (χ2v) is 5.69. The number of alkyl halides is 1. The number of carbonyl (C=O) groups is 2. The minimum atomic E-state index is -1.94. The predicted molar refractivity (Wildman–Crippen MR) is 82.3 cm³/mol. The number of Topliss-reactive ketones (excluding diaryl/α,β-unsaturated/α-hetero) is 2. The molecule has 2 N–H and O–H groups in total. The number of rotatable bonds is 6. The maximum atomic E-state index is 14.0. The van der Waals surface area contributed by atoms with E-state index >= 15 is 0 Å². The summed E-state index contributed by atoms with van der Waals surface area (Å²) < 4.78 is 14.0. The molecule has 0 bridgehead atoms. The predicted octanol–water partition coefficient (Wildman–Crippen LogP) is 3.29. The molecule has 1 unspecified atom stereocenters. The Bertz CT molecular complexity index is 571. The van der Waals surface area contributed by atoms with E-state index in [1.54, 1.807) is 25.1 Å².